The molecule has 0 spiro atoms. The van der Waals surface area contributed by atoms with Crippen LogP contribution in [0, 0.1) is 35.7 Å². The van der Waals surface area contributed by atoms with Crippen molar-refractivity contribution in [2.24, 2.45) is 0 Å². The summed E-state index contributed by atoms with van der Waals surface area (Å²) in [5.41, 5.74) is 5.86. The summed E-state index contributed by atoms with van der Waals surface area (Å²) in [5.74, 6) is -4.14. The van der Waals surface area contributed by atoms with Crippen molar-refractivity contribution < 1.29 is 22.6 Å². The molecule has 4 nitrogen and oxygen atoms in total. The third kappa shape index (κ3) is 5.30. The number of rotatable bonds is 5. The lowest BCUT2D eigenvalue weighted by Gasteiger charge is -2.17. The maximum Gasteiger partial charge on any atom is 0.204 e. The molecule has 0 atom stereocenters. The Bertz CT molecular complexity index is 1090. The topological polar surface area (TPSA) is 68.3 Å². The Labute approximate surface area is 187 Å². The van der Waals surface area contributed by atoms with Crippen LogP contribution in [0.15, 0.2) is 46.9 Å². The van der Waals surface area contributed by atoms with Crippen LogP contribution in [-0.2, 0) is 6.61 Å². The largest absolute Gasteiger partial charge is 0.485 e. The smallest absolute Gasteiger partial charge is 0.204 e. The first-order valence-corrected chi connectivity index (χ1v) is 10.1. The fraction of sp³-hybridized carbons (Fsp3) is 0.174. The van der Waals surface area contributed by atoms with Crippen LogP contribution in [-0.4, -0.2) is 0 Å². The van der Waals surface area contributed by atoms with E-state index >= 15 is 0 Å². The first-order chi connectivity index (χ1) is 14.8. The van der Waals surface area contributed by atoms with E-state index < -0.39 is 23.2 Å². The summed E-state index contributed by atoms with van der Waals surface area (Å²) >= 11 is 3.13. The Balaban J connectivity index is 0.00000166. The van der Waals surface area contributed by atoms with Crippen molar-refractivity contribution in [3.8, 4) is 23.3 Å². The molecule has 0 aliphatic carbocycles. The molecule has 2 N–H and O–H groups in total. The monoisotopic (exact) mass is 492 g/mol. The Hall–Kier alpha value is -3.18. The SMILES string of the molecule is CC.Cc1c(N)c(F)c(F)c(Oc2cc(C#N)c(F)cc2OCc2ccccc2)c1Br. The van der Waals surface area contributed by atoms with Gasteiger partial charge >= 0.3 is 0 Å². The number of halogens is 4. The second kappa shape index (κ2) is 10.7. The number of nitrogen functional groups attached to an aromatic ring is 1. The van der Waals surface area contributed by atoms with E-state index in [9.17, 15) is 13.2 Å². The predicted molar refractivity (Wildman–Crippen MR) is 117 cm³/mol. The van der Waals surface area contributed by atoms with Gasteiger partial charge in [0.25, 0.3) is 0 Å². The molecule has 0 unspecified atom stereocenters. The number of nitrogens with zero attached hydrogens (tertiary/aromatic N) is 1. The van der Waals surface area contributed by atoms with E-state index in [0.717, 1.165) is 17.7 Å². The highest BCUT2D eigenvalue weighted by molar-refractivity contribution is 9.10. The predicted octanol–water partition coefficient (Wildman–Crippen LogP) is 7.03. The van der Waals surface area contributed by atoms with Crippen molar-refractivity contribution >= 4 is 21.6 Å². The zero-order valence-corrected chi connectivity index (χ0v) is 18.7. The maximum atomic E-state index is 14.4. The highest BCUT2D eigenvalue weighted by Gasteiger charge is 2.23. The summed E-state index contributed by atoms with van der Waals surface area (Å²) in [6.07, 6.45) is 0. The van der Waals surface area contributed by atoms with Crippen molar-refractivity contribution in [2.45, 2.75) is 27.4 Å². The number of nitrogens with two attached hydrogens (primary N) is 1. The van der Waals surface area contributed by atoms with E-state index in [2.05, 4.69) is 15.9 Å². The van der Waals surface area contributed by atoms with E-state index in [1.807, 2.05) is 32.0 Å². The molecule has 3 aromatic rings. The van der Waals surface area contributed by atoms with Gasteiger partial charge in [-0.3, -0.25) is 0 Å². The zero-order valence-electron chi connectivity index (χ0n) is 17.1. The molecule has 0 heterocycles. The van der Waals surface area contributed by atoms with Gasteiger partial charge in [0.1, 0.15) is 18.5 Å². The van der Waals surface area contributed by atoms with Gasteiger partial charge < -0.3 is 15.2 Å². The minimum Gasteiger partial charge on any atom is -0.485 e. The third-order valence-corrected chi connectivity index (χ3v) is 5.12. The maximum absolute atomic E-state index is 14.4. The van der Waals surface area contributed by atoms with Crippen LogP contribution in [0.25, 0.3) is 0 Å². The van der Waals surface area contributed by atoms with Crippen LogP contribution < -0.4 is 15.2 Å². The lowest BCUT2D eigenvalue weighted by atomic mass is 10.1. The second-order valence-electron chi connectivity index (χ2n) is 6.08. The normalized spacial score (nSPS) is 10.0. The molecule has 0 aliphatic rings. The Morgan fingerprint density at radius 1 is 1.03 bits per heavy atom. The lowest BCUT2D eigenvalue weighted by Crippen LogP contribution is -2.04. The molecule has 162 valence electrons. The third-order valence-electron chi connectivity index (χ3n) is 4.16. The number of benzene rings is 3. The minimum atomic E-state index is -1.32. The summed E-state index contributed by atoms with van der Waals surface area (Å²) < 4.78 is 53.8. The molecule has 8 heteroatoms. The van der Waals surface area contributed by atoms with Crippen LogP contribution in [0.3, 0.4) is 0 Å². The van der Waals surface area contributed by atoms with Crippen molar-refractivity contribution in [3.63, 3.8) is 0 Å². The van der Waals surface area contributed by atoms with Crippen LogP contribution in [0.4, 0.5) is 18.9 Å². The Morgan fingerprint density at radius 2 is 1.68 bits per heavy atom. The second-order valence-corrected chi connectivity index (χ2v) is 6.87. The van der Waals surface area contributed by atoms with Gasteiger partial charge in [0.2, 0.25) is 5.82 Å². The Kier molecular flexibility index (Phi) is 8.34. The fourth-order valence-corrected chi connectivity index (χ4v) is 2.98. The van der Waals surface area contributed by atoms with E-state index in [1.165, 1.54) is 6.92 Å². The van der Waals surface area contributed by atoms with Crippen molar-refractivity contribution in [3.05, 3.63) is 81.1 Å². The summed E-state index contributed by atoms with van der Waals surface area (Å²) in [4.78, 5) is 0. The summed E-state index contributed by atoms with van der Waals surface area (Å²) in [6, 6.07) is 12.7. The Morgan fingerprint density at radius 3 is 2.29 bits per heavy atom. The standard InChI is InChI=1S/C21H14BrF3N2O2.C2H6/c1-11-17(22)21(19(25)18(24)20(11)27)29-16-7-13(9-26)14(23)8-15(16)28-10-12-5-3-2-4-6-12;1-2/h2-8H,10,27H2,1H3;1-2H3. The highest BCUT2D eigenvalue weighted by atomic mass is 79.9. The molecule has 31 heavy (non-hydrogen) atoms. The summed E-state index contributed by atoms with van der Waals surface area (Å²) in [5, 5.41) is 9.10. The molecule has 3 aromatic carbocycles. The van der Waals surface area contributed by atoms with Crippen molar-refractivity contribution in [2.75, 3.05) is 5.73 Å². The van der Waals surface area contributed by atoms with Crippen molar-refractivity contribution in [1.82, 2.24) is 0 Å². The first kappa shape index (κ1) is 24.1. The molecular formula is C23H20BrF3N2O2. The van der Waals surface area contributed by atoms with E-state index in [-0.39, 0.29) is 39.4 Å². The number of ether oxygens (including phenoxy) is 2. The summed E-state index contributed by atoms with van der Waals surface area (Å²) in [6.45, 7) is 5.55. The fourth-order valence-electron chi connectivity index (χ4n) is 2.52. The number of anilines is 1. The van der Waals surface area contributed by atoms with Gasteiger partial charge in [-0.15, -0.1) is 0 Å². The number of nitriles is 1. The molecular weight excluding hydrogens is 473 g/mol. The molecule has 0 saturated heterocycles. The zero-order chi connectivity index (χ0) is 23.1. The average Bonchev–Trinajstić information content (AvgIpc) is 2.80. The summed E-state index contributed by atoms with van der Waals surface area (Å²) in [7, 11) is 0. The van der Waals surface area contributed by atoms with Gasteiger partial charge in [-0.1, -0.05) is 44.2 Å². The highest BCUT2D eigenvalue weighted by Crippen LogP contribution is 2.42. The molecule has 0 saturated carbocycles. The van der Waals surface area contributed by atoms with Crippen LogP contribution in [0.2, 0.25) is 0 Å². The molecule has 0 bridgehead atoms. The van der Waals surface area contributed by atoms with Crippen LogP contribution in [0.5, 0.6) is 17.2 Å². The van der Waals surface area contributed by atoms with Gasteiger partial charge in [-0.2, -0.15) is 9.65 Å². The number of hydrogen-bond donors (Lipinski definition) is 1. The molecule has 0 aliphatic heterocycles. The molecule has 0 fully saturated rings. The molecule has 0 amide bonds. The first-order valence-electron chi connectivity index (χ1n) is 9.34. The lowest BCUT2D eigenvalue weighted by molar-refractivity contribution is 0.287. The molecule has 0 aromatic heterocycles. The minimum absolute atomic E-state index is 0.0708. The van der Waals surface area contributed by atoms with Gasteiger partial charge in [0.05, 0.1) is 15.7 Å². The van der Waals surface area contributed by atoms with Crippen molar-refractivity contribution in [1.29, 1.82) is 5.26 Å². The van der Waals surface area contributed by atoms with Gasteiger partial charge in [-0.25, -0.2) is 8.78 Å². The van der Waals surface area contributed by atoms with Crippen LogP contribution in [0.1, 0.15) is 30.5 Å². The molecule has 0 radical (unpaired) electrons. The average molecular weight is 493 g/mol. The van der Waals surface area contributed by atoms with E-state index in [4.69, 9.17) is 20.5 Å². The van der Waals surface area contributed by atoms with Gasteiger partial charge in [-0.05, 0) is 34.0 Å². The van der Waals surface area contributed by atoms with E-state index in [1.54, 1.807) is 18.2 Å². The van der Waals surface area contributed by atoms with Gasteiger partial charge in [0.15, 0.2) is 23.1 Å². The van der Waals surface area contributed by atoms with E-state index in [0.29, 0.717) is 0 Å². The molecule has 3 rings (SSSR count). The van der Waals surface area contributed by atoms with Gasteiger partial charge in [0, 0.05) is 12.1 Å². The number of hydrogen-bond acceptors (Lipinski definition) is 4. The van der Waals surface area contributed by atoms with Crippen LogP contribution >= 0.6 is 15.9 Å². The quantitative estimate of drug-likeness (QED) is 0.306.